The fraction of sp³-hybridized carbons (Fsp3) is 0.316. The quantitative estimate of drug-likeness (QED) is 0.676. The van der Waals surface area contributed by atoms with Crippen LogP contribution in [0, 0.1) is 6.92 Å². The number of aryl methyl sites for hydroxylation is 1. The SMILES string of the molecule is COc1nc2ccccc2nc1NC(=S)N1CCN(c2ccsc2C)CC1. The van der Waals surface area contributed by atoms with Crippen molar-refractivity contribution in [2.45, 2.75) is 6.92 Å². The number of rotatable bonds is 3. The van der Waals surface area contributed by atoms with Crippen molar-refractivity contribution >= 4 is 51.2 Å². The number of ether oxygens (including phenoxy) is 1. The lowest BCUT2D eigenvalue weighted by atomic mass is 10.3. The first-order valence-electron chi connectivity index (χ1n) is 8.81. The van der Waals surface area contributed by atoms with E-state index in [1.54, 1.807) is 18.4 Å². The number of fused-ring (bicyclic) bond motifs is 1. The molecule has 27 heavy (non-hydrogen) atoms. The Morgan fingerprint density at radius 3 is 2.44 bits per heavy atom. The van der Waals surface area contributed by atoms with Gasteiger partial charge in [0.1, 0.15) is 0 Å². The molecule has 0 spiro atoms. The Morgan fingerprint density at radius 2 is 1.81 bits per heavy atom. The van der Waals surface area contributed by atoms with Gasteiger partial charge in [-0.2, -0.15) is 0 Å². The Bertz CT molecular complexity index is 966. The normalized spacial score (nSPS) is 14.4. The second-order valence-corrected chi connectivity index (χ2v) is 7.84. The van der Waals surface area contributed by atoms with Crippen LogP contribution in [0.4, 0.5) is 11.5 Å². The van der Waals surface area contributed by atoms with E-state index in [9.17, 15) is 0 Å². The Hall–Kier alpha value is -2.45. The lowest BCUT2D eigenvalue weighted by molar-refractivity contribution is 0.388. The maximum absolute atomic E-state index is 5.63. The van der Waals surface area contributed by atoms with Gasteiger partial charge in [0, 0.05) is 31.1 Å². The van der Waals surface area contributed by atoms with E-state index in [4.69, 9.17) is 17.0 Å². The Balaban J connectivity index is 1.45. The van der Waals surface area contributed by atoms with E-state index in [1.807, 2.05) is 24.3 Å². The van der Waals surface area contributed by atoms with Crippen LogP contribution in [0.3, 0.4) is 0 Å². The lowest BCUT2D eigenvalue weighted by Gasteiger charge is -2.37. The van der Waals surface area contributed by atoms with Crippen LogP contribution >= 0.6 is 23.6 Å². The molecule has 140 valence electrons. The zero-order valence-corrected chi connectivity index (χ0v) is 16.9. The van der Waals surface area contributed by atoms with Crippen molar-refractivity contribution in [1.82, 2.24) is 14.9 Å². The molecule has 1 saturated heterocycles. The zero-order valence-electron chi connectivity index (χ0n) is 15.3. The summed E-state index contributed by atoms with van der Waals surface area (Å²) in [7, 11) is 1.59. The first-order chi connectivity index (χ1) is 13.2. The summed E-state index contributed by atoms with van der Waals surface area (Å²) in [5.74, 6) is 1.00. The number of anilines is 2. The van der Waals surface area contributed by atoms with Crippen molar-refractivity contribution in [2.75, 3.05) is 43.5 Å². The molecule has 3 heterocycles. The molecule has 1 aliphatic heterocycles. The van der Waals surface area contributed by atoms with Crippen LogP contribution in [0.5, 0.6) is 5.88 Å². The van der Waals surface area contributed by atoms with Gasteiger partial charge in [-0.3, -0.25) is 0 Å². The van der Waals surface area contributed by atoms with Gasteiger partial charge in [-0.25, -0.2) is 9.97 Å². The standard InChI is InChI=1S/C19H21N5OS2/c1-13-16(7-12-27-13)23-8-10-24(11-9-23)19(26)22-17-18(25-2)21-15-6-4-3-5-14(15)20-17/h3-7,12H,8-11H2,1-2H3,(H,20,22,26). The molecule has 0 aliphatic carbocycles. The predicted octanol–water partition coefficient (Wildman–Crippen LogP) is 3.53. The number of para-hydroxylation sites is 2. The molecule has 1 aliphatic rings. The molecule has 0 unspecified atom stereocenters. The Kier molecular flexibility index (Phi) is 5.09. The van der Waals surface area contributed by atoms with Crippen LogP contribution in [-0.2, 0) is 0 Å². The lowest BCUT2D eigenvalue weighted by Crippen LogP contribution is -2.50. The Labute approximate surface area is 167 Å². The van der Waals surface area contributed by atoms with E-state index in [2.05, 4.69) is 43.5 Å². The molecule has 2 aromatic heterocycles. The molecule has 0 saturated carbocycles. The predicted molar refractivity (Wildman–Crippen MR) is 115 cm³/mol. The van der Waals surface area contributed by atoms with Gasteiger partial charge in [0.25, 0.3) is 5.88 Å². The number of hydrogen-bond acceptors (Lipinski definition) is 6. The van der Waals surface area contributed by atoms with E-state index in [1.165, 1.54) is 10.6 Å². The Morgan fingerprint density at radius 1 is 1.11 bits per heavy atom. The van der Waals surface area contributed by atoms with Gasteiger partial charge < -0.3 is 19.9 Å². The minimum Gasteiger partial charge on any atom is -0.478 e. The summed E-state index contributed by atoms with van der Waals surface area (Å²) >= 11 is 7.42. The average Bonchev–Trinajstić information content (AvgIpc) is 3.13. The van der Waals surface area contributed by atoms with Crippen LogP contribution < -0.4 is 15.0 Å². The van der Waals surface area contributed by atoms with Crippen molar-refractivity contribution in [3.63, 3.8) is 0 Å². The molecule has 0 amide bonds. The highest BCUT2D eigenvalue weighted by molar-refractivity contribution is 7.80. The second kappa shape index (κ2) is 7.66. The largest absolute Gasteiger partial charge is 0.478 e. The molecule has 1 N–H and O–H groups in total. The van der Waals surface area contributed by atoms with Gasteiger partial charge in [0.05, 0.1) is 23.8 Å². The van der Waals surface area contributed by atoms with Gasteiger partial charge >= 0.3 is 0 Å². The average molecular weight is 400 g/mol. The third-order valence-electron chi connectivity index (χ3n) is 4.70. The van der Waals surface area contributed by atoms with E-state index in [-0.39, 0.29) is 0 Å². The number of thiophene rings is 1. The molecule has 0 atom stereocenters. The molecular formula is C19H21N5OS2. The maximum atomic E-state index is 5.63. The monoisotopic (exact) mass is 399 g/mol. The fourth-order valence-corrected chi connectivity index (χ4v) is 4.24. The third-order valence-corrected chi connectivity index (χ3v) is 5.89. The topological polar surface area (TPSA) is 53.5 Å². The maximum Gasteiger partial charge on any atom is 0.258 e. The zero-order chi connectivity index (χ0) is 18.8. The van der Waals surface area contributed by atoms with Gasteiger partial charge in [-0.05, 0) is 42.7 Å². The summed E-state index contributed by atoms with van der Waals surface area (Å²) in [6.07, 6.45) is 0. The summed E-state index contributed by atoms with van der Waals surface area (Å²) in [5, 5.41) is 6.03. The fourth-order valence-electron chi connectivity index (χ4n) is 3.24. The number of hydrogen-bond donors (Lipinski definition) is 1. The molecular weight excluding hydrogens is 378 g/mol. The molecule has 0 radical (unpaired) electrons. The highest BCUT2D eigenvalue weighted by Gasteiger charge is 2.22. The molecule has 0 bridgehead atoms. The van der Waals surface area contributed by atoms with Crippen LogP contribution in [-0.4, -0.2) is 53.3 Å². The van der Waals surface area contributed by atoms with E-state index >= 15 is 0 Å². The molecule has 1 fully saturated rings. The number of thiocarbonyl (C=S) groups is 1. The van der Waals surface area contributed by atoms with E-state index in [0.29, 0.717) is 16.8 Å². The second-order valence-electron chi connectivity index (χ2n) is 6.34. The van der Waals surface area contributed by atoms with Crippen LogP contribution in [0.2, 0.25) is 0 Å². The summed E-state index contributed by atoms with van der Waals surface area (Å²) < 4.78 is 5.40. The number of piperazine rings is 1. The van der Waals surface area contributed by atoms with Crippen LogP contribution in [0.1, 0.15) is 4.88 Å². The number of nitrogens with one attached hydrogen (secondary N) is 1. The van der Waals surface area contributed by atoms with Crippen molar-refractivity contribution in [1.29, 1.82) is 0 Å². The van der Waals surface area contributed by atoms with Gasteiger partial charge in [-0.15, -0.1) is 11.3 Å². The molecule has 1 aromatic carbocycles. The van der Waals surface area contributed by atoms with Crippen molar-refractivity contribution in [3.8, 4) is 5.88 Å². The first-order valence-corrected chi connectivity index (χ1v) is 10.1. The minimum absolute atomic E-state index is 0.448. The smallest absolute Gasteiger partial charge is 0.258 e. The van der Waals surface area contributed by atoms with Gasteiger partial charge in [0.15, 0.2) is 10.9 Å². The summed E-state index contributed by atoms with van der Waals surface area (Å²) in [5.41, 5.74) is 2.94. The number of aromatic nitrogens is 2. The number of methoxy groups -OCH3 is 1. The number of benzene rings is 1. The molecule has 8 heteroatoms. The van der Waals surface area contributed by atoms with E-state index < -0.39 is 0 Å². The van der Waals surface area contributed by atoms with Crippen LogP contribution in [0.15, 0.2) is 35.7 Å². The third kappa shape index (κ3) is 3.68. The number of nitrogens with zero attached hydrogens (tertiary/aromatic N) is 4. The minimum atomic E-state index is 0.448. The van der Waals surface area contributed by atoms with E-state index in [0.717, 1.165) is 37.2 Å². The van der Waals surface area contributed by atoms with Crippen molar-refractivity contribution in [3.05, 3.63) is 40.6 Å². The highest BCUT2D eigenvalue weighted by atomic mass is 32.1. The molecule has 6 nitrogen and oxygen atoms in total. The van der Waals surface area contributed by atoms with Crippen LogP contribution in [0.25, 0.3) is 11.0 Å². The summed E-state index contributed by atoms with van der Waals surface area (Å²) in [4.78, 5) is 15.1. The van der Waals surface area contributed by atoms with Crippen molar-refractivity contribution < 1.29 is 4.74 Å². The molecule has 3 aromatic rings. The molecule has 4 rings (SSSR count). The summed E-state index contributed by atoms with van der Waals surface area (Å²) in [6, 6.07) is 9.92. The first kappa shape index (κ1) is 17.9. The van der Waals surface area contributed by atoms with Gasteiger partial charge in [0.2, 0.25) is 0 Å². The van der Waals surface area contributed by atoms with Crippen molar-refractivity contribution in [2.24, 2.45) is 0 Å². The summed E-state index contributed by atoms with van der Waals surface area (Å²) in [6.45, 7) is 5.79. The highest BCUT2D eigenvalue weighted by Crippen LogP contribution is 2.27. The van der Waals surface area contributed by atoms with Gasteiger partial charge in [-0.1, -0.05) is 12.1 Å².